The maximum Gasteiger partial charge on any atom is 0.490 e. The third-order valence-corrected chi connectivity index (χ3v) is 6.79. The maximum atomic E-state index is 6.20. The van der Waals surface area contributed by atoms with Gasteiger partial charge in [0.2, 0.25) is 0 Å². The summed E-state index contributed by atoms with van der Waals surface area (Å²) >= 11 is 18.2. The van der Waals surface area contributed by atoms with E-state index in [1.807, 2.05) is 44.2 Å². The van der Waals surface area contributed by atoms with Crippen LogP contribution in [0, 0.1) is 13.8 Å². The Morgan fingerprint density at radius 3 is 1.96 bits per heavy atom. The van der Waals surface area contributed by atoms with Gasteiger partial charge in [0.25, 0.3) is 0 Å². The van der Waals surface area contributed by atoms with E-state index in [-0.39, 0.29) is 0 Å². The van der Waals surface area contributed by atoms with Crippen LogP contribution in [-0.4, -0.2) is 0 Å². The lowest BCUT2D eigenvalue weighted by Crippen LogP contribution is -2.12. The summed E-state index contributed by atoms with van der Waals surface area (Å²) in [5, 5.41) is 1.24. The van der Waals surface area contributed by atoms with E-state index in [9.17, 15) is 0 Å². The van der Waals surface area contributed by atoms with Crippen molar-refractivity contribution in [1.82, 2.24) is 0 Å². The molecule has 7 heteroatoms. The highest BCUT2D eigenvalue weighted by molar-refractivity contribution is 8.08. The second kappa shape index (κ2) is 7.61. The van der Waals surface area contributed by atoms with Gasteiger partial charge in [-0.3, -0.25) is 0 Å². The number of rotatable bonds is 2. The van der Waals surface area contributed by atoms with Crippen molar-refractivity contribution in [2.75, 3.05) is 0 Å². The van der Waals surface area contributed by atoms with Gasteiger partial charge in [0.1, 0.15) is 17.2 Å². The van der Waals surface area contributed by atoms with Gasteiger partial charge in [-0.2, -0.15) is 0 Å². The number of hydrogen-bond acceptors (Lipinski definition) is 4. The number of fused-ring (bicyclic) bond motifs is 2. The van der Waals surface area contributed by atoms with Crippen molar-refractivity contribution in [1.29, 1.82) is 0 Å². The summed E-state index contributed by atoms with van der Waals surface area (Å²) in [4.78, 5) is 0. The zero-order valence-corrected chi connectivity index (χ0v) is 18.5. The highest BCUT2D eigenvalue weighted by Gasteiger charge is 2.31. The van der Waals surface area contributed by atoms with Crippen molar-refractivity contribution >= 4 is 41.7 Å². The predicted molar refractivity (Wildman–Crippen MR) is 118 cm³/mol. The molecule has 144 valence electrons. The lowest BCUT2D eigenvalue weighted by molar-refractivity contribution is 0.376. The molecular formula is C21H17Cl2O3PS. The third kappa shape index (κ3) is 4.16. The van der Waals surface area contributed by atoms with Crippen LogP contribution in [0.4, 0.5) is 0 Å². The molecule has 0 radical (unpaired) electrons. The predicted octanol–water partition coefficient (Wildman–Crippen LogP) is 7.28. The SMILES string of the molecule is Cc1ccc(OP2(=S)Oc3ccc(Cl)cc3Cc3cc(Cl)ccc3O2)c(C)c1. The van der Waals surface area contributed by atoms with E-state index in [1.165, 1.54) is 0 Å². The average molecular weight is 451 g/mol. The molecule has 0 bridgehead atoms. The first-order valence-electron chi connectivity index (χ1n) is 8.64. The van der Waals surface area contributed by atoms with Crippen LogP contribution < -0.4 is 13.6 Å². The zero-order chi connectivity index (χ0) is 19.9. The van der Waals surface area contributed by atoms with Crippen molar-refractivity contribution in [2.24, 2.45) is 0 Å². The summed E-state index contributed by atoms with van der Waals surface area (Å²) in [5.74, 6) is 1.84. The topological polar surface area (TPSA) is 27.7 Å². The van der Waals surface area contributed by atoms with Gasteiger partial charge in [0, 0.05) is 39.4 Å². The highest BCUT2D eigenvalue weighted by Crippen LogP contribution is 2.54. The van der Waals surface area contributed by atoms with Gasteiger partial charge in [-0.05, 0) is 61.9 Å². The Morgan fingerprint density at radius 2 is 1.43 bits per heavy atom. The Morgan fingerprint density at radius 1 is 0.857 bits per heavy atom. The number of hydrogen-bond donors (Lipinski definition) is 0. The molecule has 1 aliphatic heterocycles. The first-order valence-corrected chi connectivity index (χ1v) is 12.0. The van der Waals surface area contributed by atoms with E-state index in [4.69, 9.17) is 48.6 Å². The molecule has 0 fully saturated rings. The molecule has 0 saturated carbocycles. The monoisotopic (exact) mass is 450 g/mol. The molecule has 3 nitrogen and oxygen atoms in total. The zero-order valence-electron chi connectivity index (χ0n) is 15.2. The highest BCUT2D eigenvalue weighted by atomic mass is 35.5. The molecule has 3 aromatic rings. The van der Waals surface area contributed by atoms with Crippen molar-refractivity contribution in [3.63, 3.8) is 0 Å². The molecular weight excluding hydrogens is 434 g/mol. The van der Waals surface area contributed by atoms with Crippen molar-refractivity contribution in [3.05, 3.63) is 86.9 Å². The summed E-state index contributed by atoms with van der Waals surface area (Å²) in [5.41, 5.74) is 3.91. The fraction of sp³-hybridized carbons (Fsp3) is 0.143. The summed E-state index contributed by atoms with van der Waals surface area (Å²) < 4.78 is 18.4. The standard InChI is InChI=1S/C21H17Cl2O3PS/c1-13-3-6-19(14(2)9-13)24-27(28)25-20-7-4-17(22)11-15(20)10-16-12-18(23)5-8-21(16)26-27/h3-9,11-12H,10H2,1-2H3. The van der Waals surface area contributed by atoms with Crippen LogP contribution in [0.2, 0.25) is 10.0 Å². The molecule has 3 aromatic carbocycles. The van der Waals surface area contributed by atoms with Crippen LogP contribution in [0.25, 0.3) is 0 Å². The summed E-state index contributed by atoms with van der Waals surface area (Å²) in [7, 11) is 0. The molecule has 0 N–H and O–H groups in total. The van der Waals surface area contributed by atoms with Crippen LogP contribution in [0.15, 0.2) is 54.6 Å². The first kappa shape index (κ1) is 19.6. The van der Waals surface area contributed by atoms with E-state index in [1.54, 1.807) is 24.3 Å². The minimum absolute atomic E-state index is 0.560. The lowest BCUT2D eigenvalue weighted by Gasteiger charge is -2.28. The van der Waals surface area contributed by atoms with Crippen molar-refractivity contribution in [3.8, 4) is 17.2 Å². The van der Waals surface area contributed by atoms with Crippen LogP contribution in [-0.2, 0) is 18.2 Å². The van der Waals surface area contributed by atoms with E-state index < -0.39 is 6.72 Å². The molecule has 4 rings (SSSR count). The second-order valence-electron chi connectivity index (χ2n) is 6.67. The minimum Gasteiger partial charge on any atom is -0.407 e. The van der Waals surface area contributed by atoms with E-state index >= 15 is 0 Å². The minimum atomic E-state index is -3.20. The van der Waals surface area contributed by atoms with Gasteiger partial charge in [0.05, 0.1) is 0 Å². The summed E-state index contributed by atoms with van der Waals surface area (Å²) in [6.45, 7) is 0.797. The molecule has 1 aliphatic rings. The maximum absolute atomic E-state index is 6.20. The van der Waals surface area contributed by atoms with E-state index in [0.717, 1.165) is 22.3 Å². The molecule has 0 spiro atoms. The molecule has 0 amide bonds. The van der Waals surface area contributed by atoms with Crippen LogP contribution in [0.1, 0.15) is 22.3 Å². The Kier molecular flexibility index (Phi) is 5.32. The fourth-order valence-corrected chi connectivity index (χ4v) is 5.58. The van der Waals surface area contributed by atoms with Gasteiger partial charge < -0.3 is 13.6 Å². The Bertz CT molecular complexity index is 1050. The van der Waals surface area contributed by atoms with Crippen LogP contribution in [0.5, 0.6) is 17.2 Å². The number of halogens is 2. The lowest BCUT2D eigenvalue weighted by atomic mass is 10.0. The molecule has 28 heavy (non-hydrogen) atoms. The van der Waals surface area contributed by atoms with Gasteiger partial charge in [-0.15, -0.1) is 0 Å². The largest absolute Gasteiger partial charge is 0.490 e. The van der Waals surface area contributed by atoms with E-state index in [2.05, 4.69) is 0 Å². The van der Waals surface area contributed by atoms with Crippen molar-refractivity contribution < 1.29 is 13.6 Å². The van der Waals surface area contributed by atoms with Gasteiger partial charge in [-0.1, -0.05) is 40.9 Å². The summed E-state index contributed by atoms with van der Waals surface area (Å²) in [6, 6.07) is 16.7. The normalized spacial score (nSPS) is 14.6. The Labute approximate surface area is 179 Å². The number of benzene rings is 3. The first-order chi connectivity index (χ1) is 13.3. The smallest absolute Gasteiger partial charge is 0.407 e. The molecule has 0 unspecified atom stereocenters. The third-order valence-electron chi connectivity index (χ3n) is 4.39. The molecule has 0 atom stereocenters. The second-order valence-corrected chi connectivity index (χ2v) is 10.3. The molecule has 0 aromatic heterocycles. The fourth-order valence-electron chi connectivity index (χ4n) is 3.07. The van der Waals surface area contributed by atoms with Crippen LogP contribution in [0.3, 0.4) is 0 Å². The van der Waals surface area contributed by atoms with Crippen LogP contribution >= 0.6 is 29.9 Å². The van der Waals surface area contributed by atoms with Gasteiger partial charge in [-0.25, -0.2) is 0 Å². The van der Waals surface area contributed by atoms with Gasteiger partial charge >= 0.3 is 6.72 Å². The average Bonchev–Trinajstić information content (AvgIpc) is 2.61. The van der Waals surface area contributed by atoms with Crippen molar-refractivity contribution in [2.45, 2.75) is 20.3 Å². The summed E-state index contributed by atoms with van der Waals surface area (Å²) in [6.07, 6.45) is 0.560. The molecule has 1 heterocycles. The quantitative estimate of drug-likeness (QED) is 0.383. The van der Waals surface area contributed by atoms with E-state index in [0.29, 0.717) is 33.7 Å². The molecule has 0 saturated heterocycles. The Hall–Kier alpha value is -1.71. The Balaban J connectivity index is 1.82. The number of aryl methyl sites for hydroxylation is 2. The molecule has 0 aliphatic carbocycles. The van der Waals surface area contributed by atoms with Gasteiger partial charge in [0.15, 0.2) is 0 Å².